The molecule has 1 aliphatic heterocycles. The van der Waals surface area contributed by atoms with Crippen molar-refractivity contribution in [3.63, 3.8) is 0 Å². The summed E-state index contributed by atoms with van der Waals surface area (Å²) in [6.07, 6.45) is 1.16. The van der Waals surface area contributed by atoms with Gasteiger partial charge in [0.25, 0.3) is 0 Å². The molecule has 1 aliphatic rings. The summed E-state index contributed by atoms with van der Waals surface area (Å²) >= 11 is 7.01. The molecule has 1 saturated heterocycles. The quantitative estimate of drug-likeness (QED) is 0.843. The lowest BCUT2D eigenvalue weighted by molar-refractivity contribution is 0.635. The third kappa shape index (κ3) is 3.36. The molecule has 0 spiro atoms. The predicted octanol–water partition coefficient (Wildman–Crippen LogP) is 2.44. The molecule has 18 heavy (non-hydrogen) atoms. The first-order valence-corrected chi connectivity index (χ1v) is 7.53. The molecule has 98 valence electrons. The van der Waals surface area contributed by atoms with Gasteiger partial charge in [-0.2, -0.15) is 11.8 Å². The van der Waals surface area contributed by atoms with Gasteiger partial charge in [0, 0.05) is 23.6 Å². The molecule has 0 aromatic carbocycles. The number of rotatable bonds is 2. The zero-order valence-electron chi connectivity index (χ0n) is 10.8. The van der Waals surface area contributed by atoms with Crippen molar-refractivity contribution in [2.75, 3.05) is 23.7 Å². The Hall–Kier alpha value is -0.810. The normalized spacial score (nSPS) is 19.3. The van der Waals surface area contributed by atoms with Crippen molar-refractivity contribution < 1.29 is 0 Å². The minimum atomic E-state index is 0.357. The van der Waals surface area contributed by atoms with Crippen LogP contribution in [-0.4, -0.2) is 33.6 Å². The highest BCUT2D eigenvalue weighted by atomic mass is 32.2. The number of nitrogens with two attached hydrogens (primary N) is 1. The Morgan fingerprint density at radius 3 is 2.94 bits per heavy atom. The first kappa shape index (κ1) is 13.6. The van der Waals surface area contributed by atoms with Gasteiger partial charge in [0.05, 0.1) is 5.69 Å². The van der Waals surface area contributed by atoms with Crippen LogP contribution in [0.25, 0.3) is 0 Å². The molecule has 5 heteroatoms. The number of pyridine rings is 1. The van der Waals surface area contributed by atoms with Crippen molar-refractivity contribution in [2.24, 2.45) is 5.73 Å². The van der Waals surface area contributed by atoms with Gasteiger partial charge in [0.15, 0.2) is 0 Å². The van der Waals surface area contributed by atoms with Gasteiger partial charge in [0.1, 0.15) is 10.8 Å². The van der Waals surface area contributed by atoms with Crippen LogP contribution >= 0.6 is 24.0 Å². The van der Waals surface area contributed by atoms with Crippen LogP contribution in [0.1, 0.15) is 26.0 Å². The monoisotopic (exact) mass is 281 g/mol. The second-order valence-corrected chi connectivity index (χ2v) is 7.33. The minimum Gasteiger partial charge on any atom is -0.388 e. The molecule has 0 amide bonds. The van der Waals surface area contributed by atoms with Gasteiger partial charge in [-0.25, -0.2) is 4.98 Å². The number of hydrogen-bond acceptors (Lipinski definition) is 4. The lowest BCUT2D eigenvalue weighted by Crippen LogP contribution is -2.28. The number of nitrogens with zero attached hydrogens (tertiary/aromatic N) is 2. The minimum absolute atomic E-state index is 0.357. The van der Waals surface area contributed by atoms with Gasteiger partial charge < -0.3 is 10.6 Å². The smallest absolute Gasteiger partial charge is 0.129 e. The topological polar surface area (TPSA) is 42.1 Å². The Kier molecular flexibility index (Phi) is 4.12. The van der Waals surface area contributed by atoms with Crippen molar-refractivity contribution in [1.29, 1.82) is 0 Å². The predicted molar refractivity (Wildman–Crippen MR) is 83.5 cm³/mol. The number of thioether (sulfide) groups is 1. The lowest BCUT2D eigenvalue weighted by atomic mass is 10.1. The van der Waals surface area contributed by atoms with Crippen LogP contribution < -0.4 is 10.6 Å². The molecule has 0 radical (unpaired) electrons. The highest BCUT2D eigenvalue weighted by molar-refractivity contribution is 8.00. The van der Waals surface area contributed by atoms with E-state index in [0.29, 0.717) is 15.4 Å². The van der Waals surface area contributed by atoms with Crippen LogP contribution in [0, 0.1) is 0 Å². The molecule has 1 fully saturated rings. The fraction of sp³-hybridized carbons (Fsp3) is 0.538. The molecule has 2 N–H and O–H groups in total. The Labute approximate surface area is 118 Å². The molecule has 1 aromatic rings. The number of anilines is 1. The van der Waals surface area contributed by atoms with Crippen LogP contribution in [0.4, 0.5) is 5.82 Å². The highest BCUT2D eigenvalue weighted by Gasteiger charge is 2.24. The van der Waals surface area contributed by atoms with Gasteiger partial charge in [-0.05, 0) is 18.6 Å². The van der Waals surface area contributed by atoms with Gasteiger partial charge in [-0.15, -0.1) is 0 Å². The van der Waals surface area contributed by atoms with E-state index in [0.717, 1.165) is 31.1 Å². The van der Waals surface area contributed by atoms with Gasteiger partial charge in [-0.1, -0.05) is 32.1 Å². The summed E-state index contributed by atoms with van der Waals surface area (Å²) in [5.74, 6) is 2.12. The summed E-state index contributed by atoms with van der Waals surface area (Å²) in [5.41, 5.74) is 6.34. The fourth-order valence-electron chi connectivity index (χ4n) is 1.99. The summed E-state index contributed by atoms with van der Waals surface area (Å²) in [5, 5.41) is 0. The summed E-state index contributed by atoms with van der Waals surface area (Å²) in [6.45, 7) is 6.68. The Morgan fingerprint density at radius 2 is 2.22 bits per heavy atom. The Balaban J connectivity index is 2.16. The van der Waals surface area contributed by atoms with Crippen molar-refractivity contribution in [1.82, 2.24) is 4.98 Å². The number of aromatic nitrogens is 1. The third-order valence-electron chi connectivity index (χ3n) is 3.15. The molecule has 0 unspecified atom stereocenters. The molecular weight excluding hydrogens is 262 g/mol. The second-order valence-electron chi connectivity index (χ2n) is 5.09. The number of thiocarbonyl (C=S) groups is 1. The van der Waals surface area contributed by atoms with E-state index in [-0.39, 0.29) is 0 Å². The zero-order valence-corrected chi connectivity index (χ0v) is 12.5. The van der Waals surface area contributed by atoms with E-state index in [4.69, 9.17) is 18.0 Å². The van der Waals surface area contributed by atoms with Crippen molar-refractivity contribution in [3.05, 3.63) is 23.9 Å². The summed E-state index contributed by atoms with van der Waals surface area (Å²) in [7, 11) is 0. The molecule has 3 nitrogen and oxygen atoms in total. The average molecular weight is 281 g/mol. The van der Waals surface area contributed by atoms with Crippen LogP contribution in [0.2, 0.25) is 0 Å². The van der Waals surface area contributed by atoms with Gasteiger partial charge in [0.2, 0.25) is 0 Å². The second kappa shape index (κ2) is 5.45. The van der Waals surface area contributed by atoms with Crippen molar-refractivity contribution >= 4 is 34.8 Å². The van der Waals surface area contributed by atoms with E-state index < -0.39 is 0 Å². The molecule has 0 atom stereocenters. The first-order chi connectivity index (χ1) is 8.48. The van der Waals surface area contributed by atoms with E-state index in [1.165, 1.54) is 0 Å². The third-order valence-corrected chi connectivity index (χ3v) is 4.73. The molecule has 2 rings (SSSR count). The zero-order chi connectivity index (χ0) is 13.2. The van der Waals surface area contributed by atoms with Gasteiger partial charge in [-0.3, -0.25) is 0 Å². The summed E-state index contributed by atoms with van der Waals surface area (Å²) < 4.78 is 0.357. The van der Waals surface area contributed by atoms with E-state index >= 15 is 0 Å². The largest absolute Gasteiger partial charge is 0.388 e. The van der Waals surface area contributed by atoms with Crippen LogP contribution in [0.15, 0.2) is 18.2 Å². The maximum absolute atomic E-state index is 5.63. The lowest BCUT2D eigenvalue weighted by Gasteiger charge is -2.23. The Bertz CT molecular complexity index is 446. The van der Waals surface area contributed by atoms with E-state index in [2.05, 4.69) is 23.7 Å². The summed E-state index contributed by atoms with van der Waals surface area (Å²) in [4.78, 5) is 7.22. The first-order valence-electron chi connectivity index (χ1n) is 6.14. The van der Waals surface area contributed by atoms with Crippen LogP contribution in [-0.2, 0) is 0 Å². The Morgan fingerprint density at radius 1 is 1.44 bits per heavy atom. The molecule has 2 heterocycles. The van der Waals surface area contributed by atoms with Crippen LogP contribution in [0.3, 0.4) is 0 Å². The fourth-order valence-corrected chi connectivity index (χ4v) is 3.20. The van der Waals surface area contributed by atoms with Crippen molar-refractivity contribution in [3.8, 4) is 0 Å². The standard InChI is InChI=1S/C13H19N3S2/c1-13(2)6-7-16(8-9-18-13)11-5-3-4-10(15-11)12(14)17/h3-5H,6-9H2,1-2H3,(H2,14,17). The number of hydrogen-bond donors (Lipinski definition) is 1. The molecule has 0 aliphatic carbocycles. The van der Waals surface area contributed by atoms with Gasteiger partial charge >= 0.3 is 0 Å². The van der Waals surface area contributed by atoms with E-state index in [1.807, 2.05) is 30.0 Å². The maximum Gasteiger partial charge on any atom is 0.129 e. The summed E-state index contributed by atoms with van der Waals surface area (Å²) in [6, 6.07) is 5.87. The maximum atomic E-state index is 5.63. The molecule has 0 saturated carbocycles. The average Bonchev–Trinajstić information content (AvgIpc) is 2.50. The molecule has 0 bridgehead atoms. The SMILES string of the molecule is CC1(C)CCN(c2cccc(C(N)=S)n2)CCS1. The van der Waals surface area contributed by atoms with E-state index in [9.17, 15) is 0 Å². The van der Waals surface area contributed by atoms with Crippen molar-refractivity contribution in [2.45, 2.75) is 25.0 Å². The molecule has 1 aromatic heterocycles. The molecular formula is C13H19N3S2. The highest BCUT2D eigenvalue weighted by Crippen LogP contribution is 2.31. The van der Waals surface area contributed by atoms with E-state index in [1.54, 1.807) is 0 Å². The van der Waals surface area contributed by atoms with Crippen LogP contribution in [0.5, 0.6) is 0 Å².